The monoisotopic (exact) mass is 890 g/mol. The first kappa shape index (κ1) is 44.7. The Morgan fingerprint density at radius 1 is 0.719 bits per heavy atom. The third-order valence-corrected chi connectivity index (χ3v) is 13.1. The fourth-order valence-electron chi connectivity index (χ4n) is 10.2. The summed E-state index contributed by atoms with van der Waals surface area (Å²) in [6, 6.07) is 7.77. The highest BCUT2D eigenvalue weighted by Gasteiger charge is 2.52. The van der Waals surface area contributed by atoms with E-state index >= 15 is 8.78 Å². The van der Waals surface area contributed by atoms with Crippen LogP contribution in [0.5, 0.6) is 0 Å². The van der Waals surface area contributed by atoms with Gasteiger partial charge in [-0.1, -0.05) is 64.1 Å². The standard InChI is InChI=1S/C46H54F4N8O6/c1-23(2)15-31(55-43(61)63-5)41(59)57-21-45(47,48)17-34(57)39-51-19-32(53-39)26-9-7-25(8-10-26)29-13-14-30(37-28-12-11-27(16-28)36(29)37)33-20-52-40(54-33)35-18-46(49,50)22-58(35)42(60)38(24(3)4)56-44(62)64-6/h7-10,13-14,19-20,23-24,27-28,31,34-35,38H,11-12,15-18,21-22H2,1-6H3,(H,51,53)(H,52,54)(H,55,61)(H,56,62). The van der Waals surface area contributed by atoms with Crippen LogP contribution < -0.4 is 10.6 Å². The zero-order valence-corrected chi connectivity index (χ0v) is 36.6. The first-order valence-electron chi connectivity index (χ1n) is 21.8. The maximum Gasteiger partial charge on any atom is 0.407 e. The van der Waals surface area contributed by atoms with E-state index in [4.69, 9.17) is 4.74 Å². The van der Waals surface area contributed by atoms with Crippen LogP contribution in [0.3, 0.4) is 0 Å². The number of ether oxygens (including phenoxy) is 2. The van der Waals surface area contributed by atoms with Gasteiger partial charge in [-0.05, 0) is 77.2 Å². The number of hydrogen-bond donors (Lipinski definition) is 4. The van der Waals surface area contributed by atoms with Crippen LogP contribution in [0.4, 0.5) is 27.2 Å². The molecule has 2 aliphatic carbocycles. The quantitative estimate of drug-likeness (QED) is 0.103. The van der Waals surface area contributed by atoms with E-state index in [0.29, 0.717) is 23.2 Å². The molecule has 2 saturated heterocycles. The molecule has 14 nitrogen and oxygen atoms in total. The van der Waals surface area contributed by atoms with Crippen molar-refractivity contribution in [2.24, 2.45) is 11.8 Å². The Labute approximate surface area is 368 Å². The highest BCUT2D eigenvalue weighted by Crippen LogP contribution is 2.58. The lowest BCUT2D eigenvalue weighted by atomic mass is 9.82. The second-order valence-electron chi connectivity index (χ2n) is 18.4. The number of benzene rings is 2. The summed E-state index contributed by atoms with van der Waals surface area (Å²) in [7, 11) is 2.34. The van der Waals surface area contributed by atoms with Gasteiger partial charge in [0.2, 0.25) is 11.8 Å². The molecule has 6 unspecified atom stereocenters. The number of methoxy groups -OCH3 is 2. The molecular formula is C46H54F4N8O6. The largest absolute Gasteiger partial charge is 0.453 e. The molecule has 0 spiro atoms. The average Bonchev–Trinajstić information content (AvgIpc) is 4.13. The maximum absolute atomic E-state index is 15.0. The summed E-state index contributed by atoms with van der Waals surface area (Å²) in [4.78, 5) is 69.2. The molecule has 1 saturated carbocycles. The molecular weight excluding hydrogens is 837 g/mol. The average molecular weight is 891 g/mol. The molecule has 2 bridgehead atoms. The van der Waals surface area contributed by atoms with Crippen molar-refractivity contribution in [3.05, 3.63) is 71.6 Å². The van der Waals surface area contributed by atoms with Crippen LogP contribution in [0.25, 0.3) is 33.6 Å². The number of H-pyrrole nitrogens is 2. The third-order valence-electron chi connectivity index (χ3n) is 13.1. The van der Waals surface area contributed by atoms with E-state index in [1.165, 1.54) is 25.3 Å². The smallest absolute Gasteiger partial charge is 0.407 e. The summed E-state index contributed by atoms with van der Waals surface area (Å²) < 4.78 is 69.4. The number of nitrogens with zero attached hydrogens (tertiary/aromatic N) is 4. The number of alkyl carbamates (subject to hydrolysis) is 2. The Morgan fingerprint density at radius 2 is 1.22 bits per heavy atom. The van der Waals surface area contributed by atoms with Crippen molar-refractivity contribution in [1.29, 1.82) is 0 Å². The van der Waals surface area contributed by atoms with Crippen molar-refractivity contribution in [2.75, 3.05) is 27.3 Å². The molecule has 3 fully saturated rings. The van der Waals surface area contributed by atoms with Crippen molar-refractivity contribution in [1.82, 2.24) is 40.4 Å². The summed E-state index contributed by atoms with van der Waals surface area (Å²) in [5.41, 5.74) is 7.45. The predicted molar refractivity (Wildman–Crippen MR) is 227 cm³/mol. The van der Waals surface area contributed by atoms with E-state index in [1.807, 2.05) is 44.2 Å². The van der Waals surface area contributed by atoms with Crippen molar-refractivity contribution in [3.8, 4) is 33.6 Å². The lowest BCUT2D eigenvalue weighted by Gasteiger charge is -2.29. The van der Waals surface area contributed by atoms with E-state index in [9.17, 15) is 28.0 Å². The van der Waals surface area contributed by atoms with E-state index in [2.05, 4.69) is 41.4 Å². The summed E-state index contributed by atoms with van der Waals surface area (Å²) in [5, 5.41) is 5.01. The maximum atomic E-state index is 15.0. The van der Waals surface area contributed by atoms with Gasteiger partial charge in [-0.2, -0.15) is 0 Å². The fraction of sp³-hybridized carbons (Fsp3) is 0.522. The van der Waals surface area contributed by atoms with Gasteiger partial charge in [0.15, 0.2) is 0 Å². The minimum absolute atomic E-state index is 0.0124. The van der Waals surface area contributed by atoms with Crippen LogP contribution in [0.1, 0.15) is 113 Å². The van der Waals surface area contributed by atoms with Gasteiger partial charge in [0, 0.05) is 18.4 Å². The fourth-order valence-corrected chi connectivity index (χ4v) is 10.2. The Balaban J connectivity index is 1.04. The normalized spacial score (nSPS) is 22.8. The summed E-state index contributed by atoms with van der Waals surface area (Å²) >= 11 is 0. The number of alkyl halides is 4. The zero-order chi connectivity index (χ0) is 45.8. The van der Waals surface area contributed by atoms with Gasteiger partial charge in [-0.15, -0.1) is 0 Å². The molecule has 4 N–H and O–H groups in total. The first-order valence-corrected chi connectivity index (χ1v) is 21.8. The van der Waals surface area contributed by atoms with E-state index in [0.717, 1.165) is 51.3 Å². The topological polar surface area (TPSA) is 175 Å². The number of fused-ring (bicyclic) bond motifs is 5. The molecule has 4 aliphatic rings. The number of amides is 4. The van der Waals surface area contributed by atoms with Gasteiger partial charge in [0.25, 0.3) is 11.8 Å². The molecule has 8 rings (SSSR count). The molecule has 18 heteroatoms. The van der Waals surface area contributed by atoms with E-state index < -0.39 is 91.9 Å². The van der Waals surface area contributed by atoms with Crippen LogP contribution in [0, 0.1) is 11.8 Å². The van der Waals surface area contributed by atoms with Gasteiger partial charge < -0.3 is 39.9 Å². The number of likely N-dealkylation sites (tertiary alicyclic amines) is 2. The van der Waals surface area contributed by atoms with Crippen LogP contribution in [-0.2, 0) is 19.1 Å². The van der Waals surface area contributed by atoms with E-state index in [1.54, 1.807) is 26.2 Å². The highest BCUT2D eigenvalue weighted by atomic mass is 19.3. The second kappa shape index (κ2) is 17.2. The molecule has 4 aromatic rings. The Kier molecular flexibility index (Phi) is 12.0. The number of halogens is 4. The number of nitrogens with one attached hydrogen (secondary N) is 4. The second-order valence-corrected chi connectivity index (χ2v) is 18.4. The molecule has 2 aliphatic heterocycles. The molecule has 64 heavy (non-hydrogen) atoms. The van der Waals surface area contributed by atoms with Crippen molar-refractivity contribution >= 4 is 24.0 Å². The zero-order valence-electron chi connectivity index (χ0n) is 36.6. The molecule has 4 amide bonds. The molecule has 4 heterocycles. The number of carbonyl (C=O) groups is 4. The van der Waals surface area contributed by atoms with Gasteiger partial charge in [0.05, 0.1) is 63.2 Å². The summed E-state index contributed by atoms with van der Waals surface area (Å²) in [6.45, 7) is 5.57. The summed E-state index contributed by atoms with van der Waals surface area (Å²) in [5.74, 6) is -6.89. The number of aromatic nitrogens is 4. The first-order chi connectivity index (χ1) is 30.4. The Bertz CT molecular complexity index is 2420. The SMILES string of the molecule is COC(=O)NC(CC(C)C)C(=O)N1CC(F)(F)CC1c1ncc(-c2ccc(-c3ccc(-c4cnc(C5CC(F)(F)CN5C(=O)C(NC(=O)OC)C(C)C)[nH]4)c4c3C3CCC4C3)cc2)[nH]1. The van der Waals surface area contributed by atoms with Gasteiger partial charge in [0.1, 0.15) is 23.7 Å². The van der Waals surface area contributed by atoms with Gasteiger partial charge in [-0.25, -0.2) is 37.1 Å². The number of hydrogen-bond acceptors (Lipinski definition) is 8. The number of carbonyl (C=O) groups excluding carboxylic acids is 4. The van der Waals surface area contributed by atoms with E-state index in [-0.39, 0.29) is 24.0 Å². The molecule has 342 valence electrons. The molecule has 2 aromatic carbocycles. The minimum atomic E-state index is -3.16. The number of aromatic amines is 2. The lowest BCUT2D eigenvalue weighted by Crippen LogP contribution is -2.51. The Hall–Kier alpha value is -5.94. The van der Waals surface area contributed by atoms with Crippen LogP contribution in [-0.4, -0.2) is 105 Å². The molecule has 2 aromatic heterocycles. The van der Waals surface area contributed by atoms with Crippen LogP contribution in [0.2, 0.25) is 0 Å². The lowest BCUT2D eigenvalue weighted by molar-refractivity contribution is -0.137. The van der Waals surface area contributed by atoms with Crippen LogP contribution in [0.15, 0.2) is 48.8 Å². The molecule has 0 radical (unpaired) electrons. The van der Waals surface area contributed by atoms with Gasteiger partial charge >= 0.3 is 12.2 Å². The highest BCUT2D eigenvalue weighted by molar-refractivity contribution is 5.87. The van der Waals surface area contributed by atoms with Crippen LogP contribution >= 0.6 is 0 Å². The third kappa shape index (κ3) is 8.66. The van der Waals surface area contributed by atoms with Gasteiger partial charge in [-0.3, -0.25) is 9.59 Å². The van der Waals surface area contributed by atoms with Crippen molar-refractivity contribution in [3.63, 3.8) is 0 Å². The number of imidazole rings is 2. The van der Waals surface area contributed by atoms with Crippen molar-refractivity contribution < 1.29 is 46.2 Å². The molecule has 6 atom stereocenters. The minimum Gasteiger partial charge on any atom is -0.453 e. The Morgan fingerprint density at radius 3 is 1.78 bits per heavy atom. The predicted octanol–water partition coefficient (Wildman–Crippen LogP) is 8.47. The summed E-state index contributed by atoms with van der Waals surface area (Å²) in [6.07, 6.45) is 3.61. The number of rotatable bonds is 12. The van der Waals surface area contributed by atoms with Crippen molar-refractivity contribution in [2.45, 2.75) is 114 Å².